The number of carbonyl (C=O) groups excluding carboxylic acids is 2. The fourth-order valence-corrected chi connectivity index (χ4v) is 4.54. The Balaban J connectivity index is 1.54. The number of nitro groups is 1. The van der Waals surface area contributed by atoms with Gasteiger partial charge in [0.2, 0.25) is 0 Å². The van der Waals surface area contributed by atoms with Crippen molar-refractivity contribution >= 4 is 23.7 Å². The van der Waals surface area contributed by atoms with Crippen LogP contribution in [0.15, 0.2) is 95.6 Å². The third-order valence-corrected chi connectivity index (χ3v) is 6.37. The van der Waals surface area contributed by atoms with Gasteiger partial charge in [0.05, 0.1) is 35.4 Å². The monoisotopic (exact) mass is 546 g/mol. The van der Waals surface area contributed by atoms with E-state index >= 15 is 0 Å². The van der Waals surface area contributed by atoms with E-state index < -0.39 is 35.2 Å². The van der Waals surface area contributed by atoms with E-state index in [4.69, 9.17) is 9.47 Å². The molecular weight excluding hydrogens is 519 g/mol. The summed E-state index contributed by atoms with van der Waals surface area (Å²) in [6, 6.07) is 12.8. The highest BCUT2D eigenvalue weighted by molar-refractivity contribution is 6.00. The van der Waals surface area contributed by atoms with Crippen molar-refractivity contribution in [3.63, 3.8) is 0 Å². The molecule has 1 atom stereocenters. The molecule has 0 radical (unpaired) electrons. The Labute approximate surface area is 229 Å². The Kier molecular flexibility index (Phi) is 8.53. The van der Waals surface area contributed by atoms with Crippen molar-refractivity contribution in [2.24, 2.45) is 0 Å². The average molecular weight is 547 g/mol. The lowest BCUT2D eigenvalue weighted by molar-refractivity contribution is -0.384. The number of benzene rings is 2. The van der Waals surface area contributed by atoms with Crippen LogP contribution >= 0.6 is 0 Å². The van der Waals surface area contributed by atoms with E-state index in [1.807, 2.05) is 22.9 Å². The van der Waals surface area contributed by atoms with Gasteiger partial charge in [0.1, 0.15) is 12.4 Å². The van der Waals surface area contributed by atoms with E-state index in [9.17, 15) is 24.1 Å². The van der Waals surface area contributed by atoms with Crippen molar-refractivity contribution in [3.05, 3.63) is 122 Å². The summed E-state index contributed by atoms with van der Waals surface area (Å²) in [6.45, 7) is 3.21. The van der Waals surface area contributed by atoms with Crippen LogP contribution in [-0.4, -0.2) is 40.1 Å². The molecule has 0 bridgehead atoms. The molecular formula is C29H27FN4O6. The molecule has 206 valence electrons. The lowest BCUT2D eigenvalue weighted by Crippen LogP contribution is -2.32. The Morgan fingerprint density at radius 2 is 1.82 bits per heavy atom. The summed E-state index contributed by atoms with van der Waals surface area (Å²) >= 11 is 0. The van der Waals surface area contributed by atoms with E-state index in [0.717, 1.165) is 5.56 Å². The Morgan fingerprint density at radius 1 is 1.12 bits per heavy atom. The van der Waals surface area contributed by atoms with Crippen molar-refractivity contribution in [1.82, 2.24) is 14.9 Å². The Bertz CT molecular complexity index is 1520. The topological polar surface area (TPSA) is 126 Å². The summed E-state index contributed by atoms with van der Waals surface area (Å²) in [5.41, 5.74) is 2.58. The van der Waals surface area contributed by atoms with E-state index in [0.29, 0.717) is 29.1 Å². The number of non-ortho nitro benzene ring substituents is 1. The van der Waals surface area contributed by atoms with Gasteiger partial charge in [-0.05, 0) is 36.6 Å². The van der Waals surface area contributed by atoms with Crippen molar-refractivity contribution < 1.29 is 28.4 Å². The molecule has 1 unspecified atom stereocenters. The standard InChI is InChI=1S/C29H27FN4O6/c1-18-25(28(35)39-3)27(22-5-4-6-24(14-22)34(37)38)26(19(2)32-18)29(36)40-16-23(30)13-20-7-9-21(10-8-20)15-33-12-11-31-17-33/h4-14,17,27,32H,15-16H2,1-3H3/b23-13+. The first kappa shape index (κ1) is 28.0. The molecule has 0 aliphatic carbocycles. The first-order chi connectivity index (χ1) is 19.2. The number of ether oxygens (including phenoxy) is 2. The zero-order valence-electron chi connectivity index (χ0n) is 22.1. The van der Waals surface area contributed by atoms with E-state index in [2.05, 4.69) is 10.3 Å². The molecule has 0 spiro atoms. The maximum atomic E-state index is 14.8. The van der Waals surface area contributed by atoms with Gasteiger partial charge in [-0.1, -0.05) is 36.4 Å². The van der Waals surface area contributed by atoms with Gasteiger partial charge in [-0.15, -0.1) is 0 Å². The molecule has 0 fully saturated rings. The van der Waals surface area contributed by atoms with Gasteiger partial charge < -0.3 is 19.4 Å². The van der Waals surface area contributed by atoms with Gasteiger partial charge in [0.25, 0.3) is 5.69 Å². The molecule has 40 heavy (non-hydrogen) atoms. The SMILES string of the molecule is COC(=O)C1=C(C)NC(C)=C(C(=O)OC/C(F)=C\c2ccc(Cn3ccnc3)cc2)C1c1cccc([N+](=O)[O-])c1. The number of dihydropyridines is 1. The number of methoxy groups -OCH3 is 1. The van der Waals surface area contributed by atoms with Crippen molar-refractivity contribution in [2.45, 2.75) is 26.3 Å². The highest BCUT2D eigenvalue weighted by Crippen LogP contribution is 2.40. The largest absolute Gasteiger partial charge is 0.466 e. The summed E-state index contributed by atoms with van der Waals surface area (Å²) in [5, 5.41) is 14.4. The zero-order valence-corrected chi connectivity index (χ0v) is 22.1. The molecule has 2 heterocycles. The number of nitrogens with zero attached hydrogens (tertiary/aromatic N) is 3. The van der Waals surface area contributed by atoms with Crippen molar-refractivity contribution in [2.75, 3.05) is 13.7 Å². The highest BCUT2D eigenvalue weighted by atomic mass is 19.1. The van der Waals surface area contributed by atoms with E-state index in [1.54, 1.807) is 44.6 Å². The molecule has 0 saturated heterocycles. The van der Waals surface area contributed by atoms with Crippen LogP contribution in [0.4, 0.5) is 10.1 Å². The minimum atomic E-state index is -1.03. The zero-order chi connectivity index (χ0) is 28.8. The molecule has 2 aromatic carbocycles. The number of aromatic nitrogens is 2. The van der Waals surface area contributed by atoms with Crippen LogP contribution in [0.25, 0.3) is 6.08 Å². The number of hydrogen-bond donors (Lipinski definition) is 1. The summed E-state index contributed by atoms with van der Waals surface area (Å²) in [6.07, 6.45) is 6.50. The number of allylic oxidation sites excluding steroid dienone is 2. The first-order valence-corrected chi connectivity index (χ1v) is 12.3. The van der Waals surface area contributed by atoms with E-state index in [-0.39, 0.29) is 16.8 Å². The van der Waals surface area contributed by atoms with Crippen LogP contribution in [-0.2, 0) is 25.6 Å². The number of halogens is 1. The van der Waals surface area contributed by atoms with Crippen LogP contribution in [0.3, 0.4) is 0 Å². The maximum absolute atomic E-state index is 14.8. The summed E-state index contributed by atoms with van der Waals surface area (Å²) in [5.74, 6) is -3.32. The van der Waals surface area contributed by atoms with Crippen LogP contribution in [0.5, 0.6) is 0 Å². The van der Waals surface area contributed by atoms with Gasteiger partial charge in [-0.3, -0.25) is 10.1 Å². The number of esters is 2. The highest BCUT2D eigenvalue weighted by Gasteiger charge is 2.38. The molecule has 1 aromatic heterocycles. The number of hydrogen-bond acceptors (Lipinski definition) is 8. The van der Waals surface area contributed by atoms with Crippen molar-refractivity contribution in [1.29, 1.82) is 0 Å². The number of carbonyl (C=O) groups is 2. The number of nitrogens with one attached hydrogen (secondary N) is 1. The Hall–Kier alpha value is -5.06. The smallest absolute Gasteiger partial charge is 0.337 e. The fourth-order valence-electron chi connectivity index (χ4n) is 4.54. The summed E-state index contributed by atoms with van der Waals surface area (Å²) in [7, 11) is 1.20. The van der Waals surface area contributed by atoms with Gasteiger partial charge in [-0.25, -0.2) is 19.0 Å². The molecule has 0 amide bonds. The van der Waals surface area contributed by atoms with E-state index in [1.165, 1.54) is 31.4 Å². The van der Waals surface area contributed by atoms with Gasteiger partial charge in [0, 0.05) is 42.5 Å². The molecule has 10 nitrogen and oxygen atoms in total. The molecule has 1 N–H and O–H groups in total. The lowest BCUT2D eigenvalue weighted by Gasteiger charge is -2.30. The van der Waals surface area contributed by atoms with Gasteiger partial charge in [0.15, 0.2) is 0 Å². The van der Waals surface area contributed by atoms with Crippen molar-refractivity contribution in [3.8, 4) is 0 Å². The second kappa shape index (κ2) is 12.2. The van der Waals surface area contributed by atoms with Crippen LogP contribution < -0.4 is 5.32 Å². The third-order valence-electron chi connectivity index (χ3n) is 6.37. The minimum absolute atomic E-state index is 0.0168. The number of rotatable bonds is 9. The predicted octanol–water partition coefficient (Wildman–Crippen LogP) is 4.80. The fraction of sp³-hybridized carbons (Fsp3) is 0.207. The first-order valence-electron chi connectivity index (χ1n) is 12.3. The molecule has 0 saturated carbocycles. The van der Waals surface area contributed by atoms with Crippen LogP contribution in [0.2, 0.25) is 0 Å². The summed E-state index contributed by atoms with van der Waals surface area (Å²) < 4.78 is 26.9. The number of nitro benzene ring substituents is 1. The summed E-state index contributed by atoms with van der Waals surface area (Å²) in [4.78, 5) is 40.9. The second-order valence-electron chi connectivity index (χ2n) is 9.12. The third kappa shape index (κ3) is 6.32. The molecule has 11 heteroatoms. The normalized spacial score (nSPS) is 15.5. The van der Waals surface area contributed by atoms with Gasteiger partial charge in [-0.2, -0.15) is 0 Å². The Morgan fingerprint density at radius 3 is 2.45 bits per heavy atom. The van der Waals surface area contributed by atoms with Crippen LogP contribution in [0.1, 0.15) is 36.5 Å². The minimum Gasteiger partial charge on any atom is -0.466 e. The molecule has 1 aliphatic rings. The quantitative estimate of drug-likeness (QED) is 0.230. The second-order valence-corrected chi connectivity index (χ2v) is 9.12. The predicted molar refractivity (Wildman–Crippen MR) is 144 cm³/mol. The maximum Gasteiger partial charge on any atom is 0.337 e. The molecule has 3 aromatic rings. The molecule has 4 rings (SSSR count). The van der Waals surface area contributed by atoms with Gasteiger partial charge >= 0.3 is 11.9 Å². The van der Waals surface area contributed by atoms with Crippen LogP contribution in [0, 0.1) is 10.1 Å². The number of imidazole rings is 1. The lowest BCUT2D eigenvalue weighted by atomic mass is 9.80. The average Bonchev–Trinajstić information content (AvgIpc) is 3.45. The molecule has 1 aliphatic heterocycles.